The van der Waals surface area contributed by atoms with E-state index < -0.39 is 11.6 Å². The summed E-state index contributed by atoms with van der Waals surface area (Å²) in [7, 11) is 0. The predicted octanol–water partition coefficient (Wildman–Crippen LogP) is 2.87. The zero-order valence-corrected chi connectivity index (χ0v) is 10.4. The molecule has 0 saturated heterocycles. The maximum Gasteiger partial charge on any atom is 0.159 e. The van der Waals surface area contributed by atoms with Crippen LogP contribution in [0.4, 0.5) is 8.78 Å². The van der Waals surface area contributed by atoms with E-state index in [2.05, 4.69) is 12.2 Å². The van der Waals surface area contributed by atoms with Crippen LogP contribution in [-0.4, -0.2) is 6.54 Å². The fraction of sp³-hybridized carbons (Fsp3) is 0.429. The molecule has 1 aromatic carbocycles. The molecule has 0 aromatic heterocycles. The number of nitrogens with two attached hydrogens (primary N) is 1. The van der Waals surface area contributed by atoms with E-state index in [9.17, 15) is 8.78 Å². The highest BCUT2D eigenvalue weighted by atomic mass is 19.2. The average molecular weight is 252 g/mol. The van der Waals surface area contributed by atoms with Crippen molar-refractivity contribution in [3.05, 3.63) is 47.3 Å². The van der Waals surface area contributed by atoms with Crippen molar-refractivity contribution >= 4 is 0 Å². The Labute approximate surface area is 106 Å². The van der Waals surface area contributed by atoms with Crippen LogP contribution < -0.4 is 11.1 Å². The van der Waals surface area contributed by atoms with Gasteiger partial charge in [0.05, 0.1) is 5.82 Å². The molecule has 1 aromatic rings. The minimum Gasteiger partial charge on any atom is -0.386 e. The zero-order chi connectivity index (χ0) is 13.1. The van der Waals surface area contributed by atoms with Gasteiger partial charge in [-0.3, -0.25) is 0 Å². The van der Waals surface area contributed by atoms with Gasteiger partial charge in [-0.05, 0) is 48.4 Å². The lowest BCUT2D eigenvalue weighted by molar-refractivity contribution is 0.485. The first-order chi connectivity index (χ1) is 8.60. The molecular weight excluding hydrogens is 234 g/mol. The average Bonchev–Trinajstić information content (AvgIpc) is 2.75. The molecule has 98 valence electrons. The Morgan fingerprint density at radius 1 is 1.39 bits per heavy atom. The monoisotopic (exact) mass is 252 g/mol. The summed E-state index contributed by atoms with van der Waals surface area (Å²) < 4.78 is 26.1. The van der Waals surface area contributed by atoms with Crippen LogP contribution in [0.1, 0.15) is 31.2 Å². The summed E-state index contributed by atoms with van der Waals surface area (Å²) in [5.74, 6) is -0.261. The van der Waals surface area contributed by atoms with E-state index >= 15 is 0 Å². The lowest BCUT2D eigenvalue weighted by atomic mass is 9.87. The molecule has 1 aliphatic rings. The molecule has 0 bridgehead atoms. The second kappa shape index (κ2) is 5.38. The molecule has 1 aliphatic heterocycles. The first-order valence-corrected chi connectivity index (χ1v) is 6.26. The third-order valence-electron chi connectivity index (χ3n) is 3.48. The Morgan fingerprint density at radius 2 is 2.17 bits per heavy atom. The Kier molecular flexibility index (Phi) is 3.84. The fourth-order valence-electron chi connectivity index (χ4n) is 2.44. The van der Waals surface area contributed by atoms with E-state index in [1.54, 1.807) is 6.07 Å². The number of benzene rings is 1. The minimum atomic E-state index is -0.791. The SMILES string of the molecule is CCC(C[C@H]1C=C(N)NC1)c1ccc(F)c(F)c1. The molecule has 0 saturated carbocycles. The Bertz CT molecular complexity index is 457. The van der Waals surface area contributed by atoms with Gasteiger partial charge >= 0.3 is 0 Å². The third kappa shape index (κ3) is 2.81. The van der Waals surface area contributed by atoms with Gasteiger partial charge in [0.25, 0.3) is 0 Å². The molecule has 3 N–H and O–H groups in total. The van der Waals surface area contributed by atoms with Crippen molar-refractivity contribution in [2.45, 2.75) is 25.7 Å². The largest absolute Gasteiger partial charge is 0.386 e. The van der Waals surface area contributed by atoms with E-state index in [4.69, 9.17) is 5.73 Å². The lowest BCUT2D eigenvalue weighted by Crippen LogP contribution is -2.17. The van der Waals surface area contributed by atoms with Crippen LogP contribution in [0, 0.1) is 17.6 Å². The van der Waals surface area contributed by atoms with Crippen molar-refractivity contribution in [3.8, 4) is 0 Å². The molecular formula is C14H18F2N2. The highest BCUT2D eigenvalue weighted by molar-refractivity contribution is 5.22. The first-order valence-electron chi connectivity index (χ1n) is 6.26. The lowest BCUT2D eigenvalue weighted by Gasteiger charge is -2.18. The second-order valence-electron chi connectivity index (χ2n) is 4.78. The van der Waals surface area contributed by atoms with Gasteiger partial charge in [0, 0.05) is 6.54 Å². The Hall–Kier alpha value is -1.58. The second-order valence-corrected chi connectivity index (χ2v) is 4.78. The van der Waals surface area contributed by atoms with Crippen molar-refractivity contribution in [1.82, 2.24) is 5.32 Å². The van der Waals surface area contributed by atoms with Crippen molar-refractivity contribution in [2.75, 3.05) is 6.54 Å². The predicted molar refractivity (Wildman–Crippen MR) is 67.8 cm³/mol. The third-order valence-corrected chi connectivity index (χ3v) is 3.48. The molecule has 1 unspecified atom stereocenters. The van der Waals surface area contributed by atoms with Crippen molar-refractivity contribution < 1.29 is 8.78 Å². The quantitative estimate of drug-likeness (QED) is 0.864. The van der Waals surface area contributed by atoms with Crippen LogP contribution in [-0.2, 0) is 0 Å². The number of halogens is 2. The maximum absolute atomic E-state index is 13.2. The topological polar surface area (TPSA) is 38.0 Å². The standard InChI is InChI=1S/C14H18F2N2/c1-2-10(5-9-6-14(17)18-8-9)11-3-4-12(15)13(16)7-11/h3-4,6-7,9-10,18H,2,5,8,17H2,1H3/t9-,10?/m0/s1. The number of hydrogen-bond donors (Lipinski definition) is 2. The molecule has 4 heteroatoms. The van der Waals surface area contributed by atoms with Gasteiger partial charge in [0.2, 0.25) is 0 Å². The first kappa shape index (κ1) is 12.9. The van der Waals surface area contributed by atoms with E-state index in [1.807, 2.05) is 6.08 Å². The Balaban J connectivity index is 2.10. The van der Waals surface area contributed by atoms with Crippen molar-refractivity contribution in [1.29, 1.82) is 0 Å². The summed E-state index contributed by atoms with van der Waals surface area (Å²) in [6, 6.07) is 4.17. The van der Waals surface area contributed by atoms with E-state index in [1.165, 1.54) is 12.1 Å². The van der Waals surface area contributed by atoms with Gasteiger partial charge < -0.3 is 11.1 Å². The number of hydrogen-bond acceptors (Lipinski definition) is 2. The molecule has 1 heterocycles. The summed E-state index contributed by atoms with van der Waals surface area (Å²) in [6.45, 7) is 2.88. The summed E-state index contributed by atoms with van der Waals surface area (Å²) in [5, 5.41) is 3.08. The van der Waals surface area contributed by atoms with Gasteiger partial charge in [0.1, 0.15) is 0 Å². The van der Waals surface area contributed by atoms with Crippen LogP contribution in [0.2, 0.25) is 0 Å². The minimum absolute atomic E-state index is 0.231. The molecule has 0 amide bonds. The molecule has 2 nitrogen and oxygen atoms in total. The van der Waals surface area contributed by atoms with E-state index in [-0.39, 0.29) is 5.92 Å². The molecule has 0 aliphatic carbocycles. The molecule has 2 atom stereocenters. The summed E-state index contributed by atoms with van der Waals surface area (Å²) in [5.41, 5.74) is 6.52. The van der Waals surface area contributed by atoms with Crippen molar-refractivity contribution in [3.63, 3.8) is 0 Å². The van der Waals surface area contributed by atoms with E-state index in [0.29, 0.717) is 11.7 Å². The van der Waals surface area contributed by atoms with Gasteiger partial charge in [-0.1, -0.05) is 13.0 Å². The van der Waals surface area contributed by atoms with Gasteiger partial charge in [-0.25, -0.2) is 8.78 Å². The summed E-state index contributed by atoms with van der Waals surface area (Å²) in [6.07, 6.45) is 3.80. The molecule has 0 spiro atoms. The molecule has 2 rings (SSSR count). The van der Waals surface area contributed by atoms with Gasteiger partial charge in [-0.2, -0.15) is 0 Å². The molecule has 18 heavy (non-hydrogen) atoms. The fourth-order valence-corrected chi connectivity index (χ4v) is 2.44. The van der Waals surface area contributed by atoms with Crippen LogP contribution >= 0.6 is 0 Å². The molecule has 0 fully saturated rings. The normalized spacial score (nSPS) is 20.4. The van der Waals surface area contributed by atoms with Crippen molar-refractivity contribution in [2.24, 2.45) is 11.7 Å². The van der Waals surface area contributed by atoms with E-state index in [0.717, 1.165) is 24.9 Å². The number of nitrogens with one attached hydrogen (secondary N) is 1. The molecule has 0 radical (unpaired) electrons. The summed E-state index contributed by atoms with van der Waals surface area (Å²) in [4.78, 5) is 0. The van der Waals surface area contributed by atoms with Crippen LogP contribution in [0.3, 0.4) is 0 Å². The smallest absolute Gasteiger partial charge is 0.159 e. The maximum atomic E-state index is 13.2. The highest BCUT2D eigenvalue weighted by Crippen LogP contribution is 2.29. The number of rotatable bonds is 4. The van der Waals surface area contributed by atoms with Gasteiger partial charge in [0.15, 0.2) is 11.6 Å². The highest BCUT2D eigenvalue weighted by Gasteiger charge is 2.20. The zero-order valence-electron chi connectivity index (χ0n) is 10.4. The van der Waals surface area contributed by atoms with Gasteiger partial charge in [-0.15, -0.1) is 0 Å². The van der Waals surface area contributed by atoms with Crippen LogP contribution in [0.25, 0.3) is 0 Å². The Morgan fingerprint density at radius 3 is 2.72 bits per heavy atom. The van der Waals surface area contributed by atoms with Crippen LogP contribution in [0.5, 0.6) is 0 Å². The summed E-state index contributed by atoms with van der Waals surface area (Å²) >= 11 is 0. The van der Waals surface area contributed by atoms with Crippen LogP contribution in [0.15, 0.2) is 30.1 Å².